The summed E-state index contributed by atoms with van der Waals surface area (Å²) in [6, 6.07) is 6.16. The van der Waals surface area contributed by atoms with Crippen LogP contribution < -0.4 is 5.73 Å². The lowest BCUT2D eigenvalue weighted by atomic mass is 9.97. The molecule has 1 saturated carbocycles. The Labute approximate surface area is 93.8 Å². The largest absolute Gasteiger partial charge is 0.399 e. The van der Waals surface area contributed by atoms with E-state index in [1.807, 2.05) is 12.1 Å². The summed E-state index contributed by atoms with van der Waals surface area (Å²) in [5, 5.41) is 0. The smallest absolute Gasteiger partial charge is 0.0347 e. The number of nitrogen functional groups attached to an aromatic ring is 1. The molecular weight excluding hydrogens is 238 g/mol. The maximum absolute atomic E-state index is 5.95. The Bertz CT molecular complexity index is 316. The summed E-state index contributed by atoms with van der Waals surface area (Å²) in [6.45, 7) is 0. The van der Waals surface area contributed by atoms with E-state index in [4.69, 9.17) is 5.73 Å². The van der Waals surface area contributed by atoms with Crippen LogP contribution in [0.15, 0.2) is 22.7 Å². The second-order valence-electron chi connectivity index (χ2n) is 4.20. The van der Waals surface area contributed by atoms with Gasteiger partial charge in [-0.2, -0.15) is 0 Å². The van der Waals surface area contributed by atoms with Crippen molar-refractivity contribution in [3.05, 3.63) is 28.2 Å². The zero-order valence-corrected chi connectivity index (χ0v) is 9.89. The normalized spacial score (nSPS) is 17.5. The molecule has 0 heterocycles. The first kappa shape index (κ1) is 10.0. The summed E-state index contributed by atoms with van der Waals surface area (Å²) in [6.07, 6.45) is 6.72. The predicted molar refractivity (Wildman–Crippen MR) is 64.2 cm³/mol. The molecule has 0 spiro atoms. The van der Waals surface area contributed by atoms with Crippen molar-refractivity contribution >= 4 is 21.6 Å². The van der Waals surface area contributed by atoms with Crippen molar-refractivity contribution in [1.29, 1.82) is 0 Å². The number of halogens is 1. The van der Waals surface area contributed by atoms with Gasteiger partial charge in [-0.3, -0.25) is 0 Å². The Morgan fingerprint density at radius 1 is 1.29 bits per heavy atom. The van der Waals surface area contributed by atoms with Crippen LogP contribution in [0.25, 0.3) is 0 Å². The average molecular weight is 254 g/mol. The number of benzene rings is 1. The number of anilines is 1. The molecule has 2 heteroatoms. The maximum atomic E-state index is 5.95. The minimum atomic E-state index is 0.867. The van der Waals surface area contributed by atoms with Gasteiger partial charge in [-0.25, -0.2) is 0 Å². The van der Waals surface area contributed by atoms with Gasteiger partial charge in [-0.15, -0.1) is 0 Å². The summed E-state index contributed by atoms with van der Waals surface area (Å²) in [5.41, 5.74) is 8.20. The minimum Gasteiger partial charge on any atom is -0.399 e. The van der Waals surface area contributed by atoms with Crippen LogP contribution in [0.3, 0.4) is 0 Å². The Balaban J connectivity index is 2.10. The van der Waals surface area contributed by atoms with Crippen LogP contribution in [0.2, 0.25) is 0 Å². The third-order valence-electron chi connectivity index (χ3n) is 3.09. The monoisotopic (exact) mass is 253 g/mol. The van der Waals surface area contributed by atoms with E-state index in [0.29, 0.717) is 0 Å². The Morgan fingerprint density at radius 2 is 2.00 bits per heavy atom. The van der Waals surface area contributed by atoms with Gasteiger partial charge < -0.3 is 5.73 Å². The van der Waals surface area contributed by atoms with Crippen LogP contribution in [0, 0.1) is 5.92 Å². The van der Waals surface area contributed by atoms with E-state index in [2.05, 4.69) is 22.0 Å². The quantitative estimate of drug-likeness (QED) is 0.799. The molecule has 0 atom stereocenters. The minimum absolute atomic E-state index is 0.867. The fraction of sp³-hybridized carbons (Fsp3) is 0.500. The molecule has 1 aromatic carbocycles. The van der Waals surface area contributed by atoms with E-state index in [0.717, 1.165) is 22.5 Å². The molecule has 0 amide bonds. The van der Waals surface area contributed by atoms with E-state index in [9.17, 15) is 0 Å². The van der Waals surface area contributed by atoms with Crippen LogP contribution in [-0.4, -0.2) is 0 Å². The maximum Gasteiger partial charge on any atom is 0.0347 e. The van der Waals surface area contributed by atoms with Crippen molar-refractivity contribution in [1.82, 2.24) is 0 Å². The van der Waals surface area contributed by atoms with E-state index in [1.54, 1.807) is 0 Å². The lowest BCUT2D eigenvalue weighted by Crippen LogP contribution is -2.02. The van der Waals surface area contributed by atoms with Gasteiger partial charge in [0, 0.05) is 10.2 Å². The summed E-state index contributed by atoms with van der Waals surface area (Å²) >= 11 is 3.49. The first-order chi connectivity index (χ1) is 6.75. The first-order valence-corrected chi connectivity index (χ1v) is 6.09. The highest BCUT2D eigenvalue weighted by Crippen LogP contribution is 2.30. The number of hydrogen-bond donors (Lipinski definition) is 1. The van der Waals surface area contributed by atoms with Crippen LogP contribution in [0.5, 0.6) is 0 Å². The average Bonchev–Trinajstić information content (AvgIpc) is 2.64. The van der Waals surface area contributed by atoms with Gasteiger partial charge in [-0.1, -0.05) is 41.6 Å². The topological polar surface area (TPSA) is 26.0 Å². The molecule has 0 aromatic heterocycles. The molecule has 0 saturated heterocycles. The Morgan fingerprint density at radius 3 is 2.71 bits per heavy atom. The van der Waals surface area contributed by atoms with Crippen LogP contribution in [-0.2, 0) is 6.42 Å². The van der Waals surface area contributed by atoms with Gasteiger partial charge in [0.2, 0.25) is 0 Å². The van der Waals surface area contributed by atoms with Crippen molar-refractivity contribution in [2.75, 3.05) is 5.73 Å². The summed E-state index contributed by atoms with van der Waals surface area (Å²) < 4.78 is 1.14. The highest BCUT2D eigenvalue weighted by atomic mass is 79.9. The van der Waals surface area contributed by atoms with Crippen molar-refractivity contribution in [2.24, 2.45) is 5.92 Å². The van der Waals surface area contributed by atoms with Crippen molar-refractivity contribution in [3.63, 3.8) is 0 Å². The number of nitrogens with two attached hydrogens (primary N) is 1. The first-order valence-electron chi connectivity index (χ1n) is 5.29. The summed E-state index contributed by atoms with van der Waals surface area (Å²) in [7, 11) is 0. The molecule has 14 heavy (non-hydrogen) atoms. The lowest BCUT2D eigenvalue weighted by molar-refractivity contribution is 0.547. The van der Waals surface area contributed by atoms with Gasteiger partial charge in [0.1, 0.15) is 0 Å². The van der Waals surface area contributed by atoms with Crippen LogP contribution in [0.1, 0.15) is 31.2 Å². The lowest BCUT2D eigenvalue weighted by Gasteiger charge is -2.11. The van der Waals surface area contributed by atoms with Gasteiger partial charge >= 0.3 is 0 Å². The van der Waals surface area contributed by atoms with Crippen molar-refractivity contribution < 1.29 is 0 Å². The molecule has 0 bridgehead atoms. The third-order valence-corrected chi connectivity index (χ3v) is 3.58. The van der Waals surface area contributed by atoms with Gasteiger partial charge in [0.05, 0.1) is 0 Å². The third kappa shape index (κ3) is 2.30. The molecule has 0 aliphatic heterocycles. The van der Waals surface area contributed by atoms with Crippen LogP contribution >= 0.6 is 15.9 Å². The highest BCUT2D eigenvalue weighted by Gasteiger charge is 2.16. The van der Waals surface area contributed by atoms with Gasteiger partial charge in [0.15, 0.2) is 0 Å². The number of hydrogen-bond acceptors (Lipinski definition) is 1. The molecule has 1 fully saturated rings. The Hall–Kier alpha value is -0.500. The van der Waals surface area contributed by atoms with Crippen molar-refractivity contribution in [3.8, 4) is 0 Å². The molecule has 1 nitrogen and oxygen atoms in total. The fourth-order valence-corrected chi connectivity index (χ4v) is 2.69. The van der Waals surface area contributed by atoms with E-state index < -0.39 is 0 Å². The summed E-state index contributed by atoms with van der Waals surface area (Å²) in [4.78, 5) is 0. The van der Waals surface area contributed by atoms with Gasteiger partial charge in [-0.05, 0) is 36.1 Å². The van der Waals surface area contributed by atoms with E-state index >= 15 is 0 Å². The van der Waals surface area contributed by atoms with E-state index in [1.165, 1.54) is 31.2 Å². The predicted octanol–water partition coefficient (Wildman–Crippen LogP) is 3.76. The molecule has 76 valence electrons. The molecule has 2 rings (SSSR count). The zero-order valence-electron chi connectivity index (χ0n) is 8.30. The second-order valence-corrected chi connectivity index (χ2v) is 5.11. The fourth-order valence-electron chi connectivity index (χ4n) is 2.28. The molecule has 1 aromatic rings. The van der Waals surface area contributed by atoms with Crippen LogP contribution in [0.4, 0.5) is 5.69 Å². The standard InChI is InChI=1S/C12H16BrN/c13-11-5-6-12(14)10(8-11)7-9-3-1-2-4-9/h5-6,8-9H,1-4,7,14H2. The summed E-state index contributed by atoms with van der Waals surface area (Å²) in [5.74, 6) is 0.867. The Kier molecular flexibility index (Phi) is 3.12. The molecule has 0 unspecified atom stereocenters. The van der Waals surface area contributed by atoms with Gasteiger partial charge in [0.25, 0.3) is 0 Å². The molecular formula is C12H16BrN. The zero-order chi connectivity index (χ0) is 9.97. The van der Waals surface area contributed by atoms with E-state index in [-0.39, 0.29) is 0 Å². The SMILES string of the molecule is Nc1ccc(Br)cc1CC1CCCC1. The molecule has 1 aliphatic rings. The number of rotatable bonds is 2. The highest BCUT2D eigenvalue weighted by molar-refractivity contribution is 9.10. The second kappa shape index (κ2) is 4.35. The molecule has 0 radical (unpaired) electrons. The molecule has 1 aliphatic carbocycles. The molecule has 2 N–H and O–H groups in total. The van der Waals surface area contributed by atoms with Crippen molar-refractivity contribution in [2.45, 2.75) is 32.1 Å².